The minimum atomic E-state index is -3.05. The molecule has 3 rings (SSSR count). The van der Waals surface area contributed by atoms with Crippen molar-refractivity contribution in [3.63, 3.8) is 0 Å². The molecule has 1 aromatic heterocycles. The van der Waals surface area contributed by atoms with E-state index in [1.165, 1.54) is 0 Å². The number of hydrogen-bond acceptors (Lipinski definition) is 5. The third kappa shape index (κ3) is 4.31. The van der Waals surface area contributed by atoms with E-state index >= 15 is 0 Å². The van der Waals surface area contributed by atoms with Crippen molar-refractivity contribution >= 4 is 16.0 Å². The highest BCUT2D eigenvalue weighted by molar-refractivity contribution is 7.89. The van der Waals surface area contributed by atoms with Crippen molar-refractivity contribution in [2.45, 2.75) is 12.5 Å². The minimum Gasteiger partial charge on any atom is -0.370 e. The molecule has 0 bridgehead atoms. The third-order valence-corrected chi connectivity index (χ3v) is 6.48. The van der Waals surface area contributed by atoms with E-state index in [2.05, 4.69) is 20.3 Å². The number of hydrogen-bond donors (Lipinski definition) is 1. The van der Waals surface area contributed by atoms with E-state index in [4.69, 9.17) is 4.74 Å². The van der Waals surface area contributed by atoms with Gasteiger partial charge in [-0.25, -0.2) is 12.7 Å². The molecule has 0 saturated carbocycles. The summed E-state index contributed by atoms with van der Waals surface area (Å²) < 4.78 is 32.8. The van der Waals surface area contributed by atoms with Gasteiger partial charge in [0.2, 0.25) is 10.0 Å². The SMILES string of the molecule is CN=C(NCCN1CCCS1(=O)=O)N1CCOC(c2cnn(C)c2)C1. The fourth-order valence-corrected chi connectivity index (χ4v) is 4.75. The Balaban J connectivity index is 1.54. The van der Waals surface area contributed by atoms with Crippen LogP contribution in [0.15, 0.2) is 17.4 Å². The van der Waals surface area contributed by atoms with Crippen molar-refractivity contribution in [2.24, 2.45) is 12.0 Å². The molecule has 10 heteroatoms. The van der Waals surface area contributed by atoms with Crippen LogP contribution < -0.4 is 5.32 Å². The topological polar surface area (TPSA) is 92.1 Å². The first-order valence-electron chi connectivity index (χ1n) is 8.53. The Hall–Kier alpha value is -1.65. The number of aryl methyl sites for hydroxylation is 1. The maximum Gasteiger partial charge on any atom is 0.214 e. The molecule has 0 radical (unpaired) electrons. The maximum absolute atomic E-state index is 11.8. The van der Waals surface area contributed by atoms with Crippen molar-refractivity contribution in [1.29, 1.82) is 0 Å². The van der Waals surface area contributed by atoms with Crippen LogP contribution in [-0.2, 0) is 21.8 Å². The average Bonchev–Trinajstić information content (AvgIpc) is 3.17. The van der Waals surface area contributed by atoms with E-state index in [1.54, 1.807) is 16.0 Å². The lowest BCUT2D eigenvalue weighted by molar-refractivity contribution is -0.00802. The lowest BCUT2D eigenvalue weighted by Crippen LogP contribution is -2.49. The highest BCUT2D eigenvalue weighted by atomic mass is 32.2. The summed E-state index contributed by atoms with van der Waals surface area (Å²) in [6.07, 6.45) is 4.46. The summed E-state index contributed by atoms with van der Waals surface area (Å²) in [5.41, 5.74) is 1.05. The fraction of sp³-hybridized carbons (Fsp3) is 0.733. The van der Waals surface area contributed by atoms with Crippen molar-refractivity contribution < 1.29 is 13.2 Å². The maximum atomic E-state index is 11.8. The monoisotopic (exact) mass is 370 g/mol. The quantitative estimate of drug-likeness (QED) is 0.562. The molecule has 0 aromatic carbocycles. The fourth-order valence-electron chi connectivity index (χ4n) is 3.22. The van der Waals surface area contributed by atoms with Crippen LogP contribution in [0, 0.1) is 0 Å². The molecule has 3 heterocycles. The average molecular weight is 370 g/mol. The van der Waals surface area contributed by atoms with E-state index < -0.39 is 10.0 Å². The number of sulfonamides is 1. The minimum absolute atomic E-state index is 0.0417. The van der Waals surface area contributed by atoms with Crippen molar-refractivity contribution in [3.8, 4) is 0 Å². The van der Waals surface area contributed by atoms with Crippen LogP contribution >= 0.6 is 0 Å². The van der Waals surface area contributed by atoms with Crippen LogP contribution in [0.3, 0.4) is 0 Å². The molecular weight excluding hydrogens is 344 g/mol. The Morgan fingerprint density at radius 1 is 1.48 bits per heavy atom. The molecule has 1 N–H and O–H groups in total. The van der Waals surface area contributed by atoms with Crippen LogP contribution in [0.2, 0.25) is 0 Å². The Kier molecular flexibility index (Phi) is 5.60. The molecule has 2 fully saturated rings. The molecule has 2 aliphatic heterocycles. The smallest absolute Gasteiger partial charge is 0.214 e. The van der Waals surface area contributed by atoms with E-state index in [0.29, 0.717) is 39.2 Å². The van der Waals surface area contributed by atoms with Gasteiger partial charge in [-0.1, -0.05) is 0 Å². The zero-order valence-electron chi connectivity index (χ0n) is 14.8. The molecule has 140 valence electrons. The zero-order chi connectivity index (χ0) is 17.9. The largest absolute Gasteiger partial charge is 0.370 e. The Morgan fingerprint density at radius 3 is 2.96 bits per heavy atom. The molecule has 0 spiro atoms. The van der Waals surface area contributed by atoms with Gasteiger partial charge in [-0.3, -0.25) is 9.67 Å². The van der Waals surface area contributed by atoms with Gasteiger partial charge in [-0.2, -0.15) is 5.10 Å². The summed E-state index contributed by atoms with van der Waals surface area (Å²) in [7, 11) is 0.577. The highest BCUT2D eigenvalue weighted by Crippen LogP contribution is 2.21. The number of nitrogens with one attached hydrogen (secondary N) is 1. The van der Waals surface area contributed by atoms with Crippen molar-refractivity contribution in [1.82, 2.24) is 24.3 Å². The summed E-state index contributed by atoms with van der Waals surface area (Å²) in [5, 5.41) is 7.47. The van der Waals surface area contributed by atoms with Gasteiger partial charge < -0.3 is 15.0 Å². The lowest BCUT2D eigenvalue weighted by Gasteiger charge is -2.35. The second kappa shape index (κ2) is 7.71. The first-order chi connectivity index (χ1) is 12.0. The zero-order valence-corrected chi connectivity index (χ0v) is 15.6. The summed E-state index contributed by atoms with van der Waals surface area (Å²) in [5.74, 6) is 1.03. The van der Waals surface area contributed by atoms with Crippen LogP contribution in [0.4, 0.5) is 0 Å². The molecule has 25 heavy (non-hydrogen) atoms. The number of ether oxygens (including phenoxy) is 1. The Morgan fingerprint density at radius 2 is 2.32 bits per heavy atom. The molecule has 1 unspecified atom stereocenters. The van der Waals surface area contributed by atoms with Crippen LogP contribution in [-0.4, -0.2) is 85.5 Å². The molecule has 0 amide bonds. The van der Waals surface area contributed by atoms with E-state index in [0.717, 1.165) is 18.1 Å². The van der Waals surface area contributed by atoms with Gasteiger partial charge >= 0.3 is 0 Å². The van der Waals surface area contributed by atoms with Gasteiger partial charge in [0.05, 0.1) is 25.1 Å². The van der Waals surface area contributed by atoms with Gasteiger partial charge in [0.15, 0.2) is 5.96 Å². The van der Waals surface area contributed by atoms with Gasteiger partial charge in [0.25, 0.3) is 0 Å². The van der Waals surface area contributed by atoms with Gasteiger partial charge in [-0.05, 0) is 6.42 Å². The highest BCUT2D eigenvalue weighted by Gasteiger charge is 2.28. The lowest BCUT2D eigenvalue weighted by atomic mass is 10.1. The number of morpholine rings is 1. The number of rotatable bonds is 4. The molecule has 1 atom stereocenters. The predicted octanol–water partition coefficient (Wildman–Crippen LogP) is -0.596. The number of aromatic nitrogens is 2. The summed E-state index contributed by atoms with van der Waals surface area (Å²) in [6.45, 7) is 3.67. The molecular formula is C15H26N6O3S. The van der Waals surface area contributed by atoms with Gasteiger partial charge in [0.1, 0.15) is 6.10 Å². The Labute approximate surface area is 148 Å². The van der Waals surface area contributed by atoms with Crippen LogP contribution in [0.1, 0.15) is 18.1 Å². The number of nitrogens with zero attached hydrogens (tertiary/aromatic N) is 5. The number of guanidine groups is 1. The first kappa shape index (κ1) is 18.2. The molecule has 0 aliphatic carbocycles. The standard InChI is InChI=1S/C15H26N6O3S/c1-16-15(17-4-6-21-5-3-9-25(21,22)23)20-7-8-24-14(12-20)13-10-18-19(2)11-13/h10-11,14H,3-9,12H2,1-2H3,(H,16,17). The summed E-state index contributed by atoms with van der Waals surface area (Å²) in [4.78, 5) is 6.47. The number of aliphatic imine (C=N–C) groups is 1. The second-order valence-corrected chi connectivity index (χ2v) is 8.38. The normalized spacial score (nSPS) is 24.6. The molecule has 1 aromatic rings. The summed E-state index contributed by atoms with van der Waals surface area (Å²) >= 11 is 0. The Bertz CT molecular complexity index is 717. The molecule has 2 saturated heterocycles. The summed E-state index contributed by atoms with van der Waals surface area (Å²) in [6, 6.07) is 0. The van der Waals surface area contributed by atoms with Crippen LogP contribution in [0.5, 0.6) is 0 Å². The predicted molar refractivity (Wildman–Crippen MR) is 94.8 cm³/mol. The van der Waals surface area contributed by atoms with E-state index in [-0.39, 0.29) is 11.9 Å². The van der Waals surface area contributed by atoms with E-state index in [1.807, 2.05) is 19.4 Å². The van der Waals surface area contributed by atoms with Gasteiger partial charge in [-0.15, -0.1) is 0 Å². The van der Waals surface area contributed by atoms with E-state index in [9.17, 15) is 8.42 Å². The second-order valence-electron chi connectivity index (χ2n) is 6.30. The third-order valence-electron chi connectivity index (χ3n) is 4.52. The first-order valence-corrected chi connectivity index (χ1v) is 10.1. The van der Waals surface area contributed by atoms with Crippen molar-refractivity contribution in [3.05, 3.63) is 18.0 Å². The van der Waals surface area contributed by atoms with Crippen molar-refractivity contribution in [2.75, 3.05) is 52.1 Å². The van der Waals surface area contributed by atoms with Crippen LogP contribution in [0.25, 0.3) is 0 Å². The van der Waals surface area contributed by atoms with Gasteiger partial charge in [0, 0.05) is 52.0 Å². The molecule has 2 aliphatic rings. The molecule has 9 nitrogen and oxygen atoms in total.